The van der Waals surface area contributed by atoms with E-state index in [9.17, 15) is 0 Å². The van der Waals surface area contributed by atoms with E-state index in [-0.39, 0.29) is 0 Å². The van der Waals surface area contributed by atoms with Crippen molar-refractivity contribution in [3.8, 4) is 0 Å². The Morgan fingerprint density at radius 2 is 2.10 bits per heavy atom. The molecule has 4 nitrogen and oxygen atoms in total. The number of nitrogens with zero attached hydrogens (tertiary/aromatic N) is 3. The highest BCUT2D eigenvalue weighted by atomic mass is 15.2. The van der Waals surface area contributed by atoms with Gasteiger partial charge in [-0.1, -0.05) is 12.1 Å². The number of hydrogen-bond donors (Lipinski definition) is 1. The zero-order valence-corrected chi connectivity index (χ0v) is 12.8. The SMILES string of the molecule is CN(CCN1CCNCC1)Cc1ccc2ncccc2c1. The number of benzene rings is 1. The van der Waals surface area contributed by atoms with Crippen molar-refractivity contribution < 1.29 is 0 Å². The van der Waals surface area contributed by atoms with Crippen molar-refractivity contribution in [3.05, 3.63) is 42.1 Å². The minimum absolute atomic E-state index is 0.997. The van der Waals surface area contributed by atoms with Crippen molar-refractivity contribution in [3.63, 3.8) is 0 Å². The molecular formula is C17H24N4. The topological polar surface area (TPSA) is 31.4 Å². The number of hydrogen-bond acceptors (Lipinski definition) is 4. The highest BCUT2D eigenvalue weighted by molar-refractivity contribution is 5.78. The number of likely N-dealkylation sites (N-methyl/N-ethyl adjacent to an activating group) is 1. The van der Waals surface area contributed by atoms with E-state index in [0.29, 0.717) is 0 Å². The van der Waals surface area contributed by atoms with Gasteiger partial charge in [-0.05, 0) is 30.8 Å². The minimum atomic E-state index is 0.997. The normalized spacial score (nSPS) is 16.7. The number of aromatic nitrogens is 1. The fraction of sp³-hybridized carbons (Fsp3) is 0.471. The quantitative estimate of drug-likeness (QED) is 0.903. The van der Waals surface area contributed by atoms with E-state index in [1.165, 1.54) is 24.0 Å². The first-order valence-electron chi connectivity index (χ1n) is 7.76. The second-order valence-electron chi connectivity index (χ2n) is 5.86. The van der Waals surface area contributed by atoms with Crippen molar-refractivity contribution in [2.24, 2.45) is 0 Å². The van der Waals surface area contributed by atoms with Gasteiger partial charge in [0.1, 0.15) is 0 Å². The van der Waals surface area contributed by atoms with E-state index in [2.05, 4.69) is 51.4 Å². The zero-order chi connectivity index (χ0) is 14.5. The lowest BCUT2D eigenvalue weighted by molar-refractivity contribution is 0.202. The van der Waals surface area contributed by atoms with Crippen LogP contribution in [0.5, 0.6) is 0 Å². The van der Waals surface area contributed by atoms with Crippen LogP contribution in [0, 0.1) is 0 Å². The molecule has 1 saturated heterocycles. The largest absolute Gasteiger partial charge is 0.314 e. The predicted molar refractivity (Wildman–Crippen MR) is 87.4 cm³/mol. The molecule has 112 valence electrons. The third kappa shape index (κ3) is 4.00. The van der Waals surface area contributed by atoms with Gasteiger partial charge in [0, 0.05) is 57.4 Å². The molecule has 0 aliphatic carbocycles. The molecule has 1 N–H and O–H groups in total. The molecule has 21 heavy (non-hydrogen) atoms. The van der Waals surface area contributed by atoms with Gasteiger partial charge in [-0.2, -0.15) is 0 Å². The summed E-state index contributed by atoms with van der Waals surface area (Å²) in [5, 5.41) is 4.63. The van der Waals surface area contributed by atoms with Gasteiger partial charge in [-0.3, -0.25) is 9.88 Å². The van der Waals surface area contributed by atoms with Crippen LogP contribution in [0.25, 0.3) is 10.9 Å². The minimum Gasteiger partial charge on any atom is -0.314 e. The van der Waals surface area contributed by atoms with Crippen molar-refractivity contribution in [2.45, 2.75) is 6.54 Å². The highest BCUT2D eigenvalue weighted by Crippen LogP contribution is 2.14. The first-order valence-corrected chi connectivity index (χ1v) is 7.76. The average Bonchev–Trinajstić information content (AvgIpc) is 2.54. The molecule has 1 aliphatic heterocycles. The van der Waals surface area contributed by atoms with Crippen LogP contribution >= 0.6 is 0 Å². The molecule has 2 aromatic rings. The summed E-state index contributed by atoms with van der Waals surface area (Å²) >= 11 is 0. The summed E-state index contributed by atoms with van der Waals surface area (Å²) in [6.45, 7) is 7.88. The number of nitrogens with one attached hydrogen (secondary N) is 1. The van der Waals surface area contributed by atoms with E-state index in [1.807, 2.05) is 12.3 Å². The summed E-state index contributed by atoms with van der Waals surface area (Å²) < 4.78 is 0. The lowest BCUT2D eigenvalue weighted by Gasteiger charge is -2.29. The lowest BCUT2D eigenvalue weighted by atomic mass is 10.1. The Bertz CT molecular complexity index is 578. The monoisotopic (exact) mass is 284 g/mol. The average molecular weight is 284 g/mol. The molecule has 0 bridgehead atoms. The summed E-state index contributed by atoms with van der Waals surface area (Å²) in [5.74, 6) is 0. The first-order chi connectivity index (χ1) is 10.3. The molecule has 0 unspecified atom stereocenters. The number of piperazine rings is 1. The Balaban J connectivity index is 1.54. The van der Waals surface area contributed by atoms with Crippen molar-refractivity contribution >= 4 is 10.9 Å². The maximum atomic E-state index is 4.37. The molecule has 0 spiro atoms. The molecule has 1 aliphatic rings. The number of pyridine rings is 1. The molecule has 1 aromatic carbocycles. The number of fused-ring (bicyclic) bond motifs is 1. The Hall–Kier alpha value is -1.49. The van der Waals surface area contributed by atoms with Crippen LogP contribution in [0.2, 0.25) is 0 Å². The third-order valence-corrected chi connectivity index (χ3v) is 4.13. The van der Waals surface area contributed by atoms with Crippen LogP contribution in [-0.4, -0.2) is 61.1 Å². The smallest absolute Gasteiger partial charge is 0.0702 e. The van der Waals surface area contributed by atoms with Gasteiger partial charge < -0.3 is 10.2 Å². The van der Waals surface area contributed by atoms with Crippen LogP contribution in [0.15, 0.2) is 36.5 Å². The zero-order valence-electron chi connectivity index (χ0n) is 12.8. The molecule has 0 atom stereocenters. The van der Waals surface area contributed by atoms with Gasteiger partial charge in [0.05, 0.1) is 5.52 Å². The first kappa shape index (κ1) is 14.4. The van der Waals surface area contributed by atoms with Crippen LogP contribution in [0.1, 0.15) is 5.56 Å². The summed E-state index contributed by atoms with van der Waals surface area (Å²) in [6.07, 6.45) is 1.85. The van der Waals surface area contributed by atoms with Crippen molar-refractivity contribution in [2.75, 3.05) is 46.3 Å². The molecule has 1 aromatic heterocycles. The maximum absolute atomic E-state index is 4.37. The third-order valence-electron chi connectivity index (χ3n) is 4.13. The second-order valence-corrected chi connectivity index (χ2v) is 5.86. The van der Waals surface area contributed by atoms with E-state index < -0.39 is 0 Å². The van der Waals surface area contributed by atoms with Crippen molar-refractivity contribution in [1.82, 2.24) is 20.1 Å². The summed E-state index contributed by atoms with van der Waals surface area (Å²) in [7, 11) is 2.20. The van der Waals surface area contributed by atoms with E-state index in [4.69, 9.17) is 0 Å². The fourth-order valence-corrected chi connectivity index (χ4v) is 2.86. The molecule has 0 amide bonds. The Kier molecular flexibility index (Phi) is 4.80. The second kappa shape index (κ2) is 6.98. The van der Waals surface area contributed by atoms with Crippen LogP contribution < -0.4 is 5.32 Å². The van der Waals surface area contributed by atoms with E-state index in [1.54, 1.807) is 0 Å². The van der Waals surface area contributed by atoms with Gasteiger partial charge in [0.25, 0.3) is 0 Å². The van der Waals surface area contributed by atoms with Gasteiger partial charge in [-0.25, -0.2) is 0 Å². The van der Waals surface area contributed by atoms with Gasteiger partial charge in [-0.15, -0.1) is 0 Å². The van der Waals surface area contributed by atoms with Gasteiger partial charge in [0.2, 0.25) is 0 Å². The molecular weight excluding hydrogens is 260 g/mol. The standard InChI is InChI=1S/C17H24N4/c1-20(11-12-21-9-7-18-8-10-21)14-15-4-5-17-16(13-15)3-2-6-19-17/h2-6,13,18H,7-12,14H2,1H3. The Morgan fingerprint density at radius 1 is 1.24 bits per heavy atom. The molecule has 0 radical (unpaired) electrons. The number of rotatable bonds is 5. The molecule has 1 fully saturated rings. The Labute approximate surface area is 126 Å². The predicted octanol–water partition coefficient (Wildman–Crippen LogP) is 1.57. The summed E-state index contributed by atoms with van der Waals surface area (Å²) in [5.41, 5.74) is 2.43. The fourth-order valence-electron chi connectivity index (χ4n) is 2.86. The van der Waals surface area contributed by atoms with Gasteiger partial charge >= 0.3 is 0 Å². The maximum Gasteiger partial charge on any atom is 0.0702 e. The lowest BCUT2D eigenvalue weighted by Crippen LogP contribution is -2.45. The highest BCUT2D eigenvalue weighted by Gasteiger charge is 2.10. The molecule has 0 saturated carbocycles. The van der Waals surface area contributed by atoms with Crippen LogP contribution in [0.4, 0.5) is 0 Å². The Morgan fingerprint density at radius 3 is 2.95 bits per heavy atom. The summed E-state index contributed by atoms with van der Waals surface area (Å²) in [4.78, 5) is 9.31. The summed E-state index contributed by atoms with van der Waals surface area (Å²) in [6, 6.07) is 10.7. The van der Waals surface area contributed by atoms with Crippen LogP contribution in [0.3, 0.4) is 0 Å². The van der Waals surface area contributed by atoms with E-state index in [0.717, 1.165) is 38.2 Å². The molecule has 3 rings (SSSR count). The van der Waals surface area contributed by atoms with E-state index >= 15 is 0 Å². The van der Waals surface area contributed by atoms with Gasteiger partial charge in [0.15, 0.2) is 0 Å². The molecule has 2 heterocycles. The molecule has 4 heteroatoms. The van der Waals surface area contributed by atoms with Crippen LogP contribution in [-0.2, 0) is 6.54 Å². The van der Waals surface area contributed by atoms with Crippen molar-refractivity contribution in [1.29, 1.82) is 0 Å².